The number of amidine groups is 1. The highest BCUT2D eigenvalue weighted by Gasteiger charge is 2.53. The fourth-order valence-corrected chi connectivity index (χ4v) is 2.06. The molecule has 0 aromatic rings. The van der Waals surface area contributed by atoms with E-state index in [1.807, 2.05) is 0 Å². The summed E-state index contributed by atoms with van der Waals surface area (Å²) in [5.41, 5.74) is 5.94. The van der Waals surface area contributed by atoms with Gasteiger partial charge in [0.15, 0.2) is 5.84 Å². The Balaban J connectivity index is 1.67. The molecule has 2 fully saturated rings. The van der Waals surface area contributed by atoms with E-state index in [2.05, 4.69) is 10.5 Å². The SMILES string of the molecule is NC(CNCC1(C2CC2)CC1)=NO. The first-order valence-corrected chi connectivity index (χ1v) is 4.94. The van der Waals surface area contributed by atoms with Crippen LogP contribution in [0, 0.1) is 11.3 Å². The third kappa shape index (κ3) is 1.94. The van der Waals surface area contributed by atoms with Crippen molar-refractivity contribution in [3.8, 4) is 0 Å². The smallest absolute Gasteiger partial charge is 0.153 e. The van der Waals surface area contributed by atoms with E-state index in [9.17, 15) is 0 Å². The number of nitrogens with two attached hydrogens (primary N) is 1. The molecule has 2 aliphatic rings. The predicted molar refractivity (Wildman–Crippen MR) is 50.7 cm³/mol. The molecule has 0 atom stereocenters. The van der Waals surface area contributed by atoms with Crippen LogP contribution in [0.15, 0.2) is 5.16 Å². The van der Waals surface area contributed by atoms with Crippen LogP contribution in [0.5, 0.6) is 0 Å². The maximum Gasteiger partial charge on any atom is 0.153 e. The van der Waals surface area contributed by atoms with Gasteiger partial charge in [-0.3, -0.25) is 0 Å². The molecule has 4 heteroatoms. The highest BCUT2D eigenvalue weighted by atomic mass is 16.4. The van der Waals surface area contributed by atoms with Gasteiger partial charge in [-0.2, -0.15) is 0 Å². The molecule has 4 nitrogen and oxygen atoms in total. The number of oxime groups is 1. The van der Waals surface area contributed by atoms with Crippen molar-refractivity contribution < 1.29 is 5.21 Å². The standard InChI is InChI=1S/C9H17N3O/c10-8(12-13)5-11-6-9(3-4-9)7-1-2-7/h7,11,13H,1-6H2,(H2,10,12). The molecule has 0 heterocycles. The Morgan fingerprint density at radius 3 is 2.69 bits per heavy atom. The van der Waals surface area contributed by atoms with Gasteiger partial charge in [0.05, 0.1) is 6.54 Å². The fraction of sp³-hybridized carbons (Fsp3) is 0.889. The molecule has 0 amide bonds. The van der Waals surface area contributed by atoms with E-state index >= 15 is 0 Å². The number of hydrogen-bond donors (Lipinski definition) is 3. The highest BCUT2D eigenvalue weighted by molar-refractivity contribution is 5.81. The molecule has 4 N–H and O–H groups in total. The van der Waals surface area contributed by atoms with E-state index in [1.54, 1.807) is 0 Å². The predicted octanol–water partition coefficient (Wildman–Crippen LogP) is 0.513. The average molecular weight is 183 g/mol. The summed E-state index contributed by atoms with van der Waals surface area (Å²) in [6.07, 6.45) is 5.54. The monoisotopic (exact) mass is 183 g/mol. The van der Waals surface area contributed by atoms with E-state index in [-0.39, 0.29) is 5.84 Å². The third-order valence-corrected chi connectivity index (χ3v) is 3.25. The summed E-state index contributed by atoms with van der Waals surface area (Å²) >= 11 is 0. The van der Waals surface area contributed by atoms with Crippen LogP contribution in [0.2, 0.25) is 0 Å². The number of nitrogens with zero attached hydrogens (tertiary/aromatic N) is 1. The highest BCUT2D eigenvalue weighted by Crippen LogP contribution is 2.60. The Morgan fingerprint density at radius 2 is 2.23 bits per heavy atom. The molecular weight excluding hydrogens is 166 g/mol. The van der Waals surface area contributed by atoms with Crippen LogP contribution >= 0.6 is 0 Å². The Hall–Kier alpha value is -0.770. The van der Waals surface area contributed by atoms with Crippen molar-refractivity contribution in [1.82, 2.24) is 5.32 Å². The molecule has 13 heavy (non-hydrogen) atoms. The lowest BCUT2D eigenvalue weighted by atomic mass is 10.0. The molecule has 2 saturated carbocycles. The van der Waals surface area contributed by atoms with Gasteiger partial charge in [0.1, 0.15) is 0 Å². The van der Waals surface area contributed by atoms with Gasteiger partial charge in [-0.05, 0) is 37.0 Å². The van der Waals surface area contributed by atoms with Crippen LogP contribution < -0.4 is 11.1 Å². The lowest BCUT2D eigenvalue weighted by Gasteiger charge is -2.14. The summed E-state index contributed by atoms with van der Waals surface area (Å²) in [4.78, 5) is 0. The first kappa shape index (κ1) is 8.81. The normalized spacial score (nSPS) is 26.0. The summed E-state index contributed by atoms with van der Waals surface area (Å²) in [6, 6.07) is 0. The minimum Gasteiger partial charge on any atom is -0.409 e. The molecule has 2 rings (SSSR count). The Kier molecular flexibility index (Phi) is 2.15. The van der Waals surface area contributed by atoms with Crippen LogP contribution in [0.25, 0.3) is 0 Å². The largest absolute Gasteiger partial charge is 0.409 e. The fourth-order valence-electron chi connectivity index (χ4n) is 2.06. The van der Waals surface area contributed by atoms with Crippen LogP contribution in [0.4, 0.5) is 0 Å². The van der Waals surface area contributed by atoms with Gasteiger partial charge in [0, 0.05) is 6.54 Å². The van der Waals surface area contributed by atoms with E-state index in [0.29, 0.717) is 12.0 Å². The van der Waals surface area contributed by atoms with Crippen molar-refractivity contribution in [3.05, 3.63) is 0 Å². The van der Waals surface area contributed by atoms with Crippen LogP contribution in [0.3, 0.4) is 0 Å². The zero-order valence-electron chi connectivity index (χ0n) is 7.79. The molecule has 0 unspecified atom stereocenters. The van der Waals surface area contributed by atoms with Crippen molar-refractivity contribution in [2.45, 2.75) is 25.7 Å². The first-order chi connectivity index (χ1) is 6.27. The van der Waals surface area contributed by atoms with Gasteiger partial charge >= 0.3 is 0 Å². The number of rotatable bonds is 5. The minimum atomic E-state index is 0.270. The summed E-state index contributed by atoms with van der Waals surface area (Å²) in [5, 5.41) is 14.5. The third-order valence-electron chi connectivity index (χ3n) is 3.25. The van der Waals surface area contributed by atoms with Crippen LogP contribution in [-0.4, -0.2) is 24.1 Å². The Bertz CT molecular complexity index is 219. The first-order valence-electron chi connectivity index (χ1n) is 4.94. The maximum atomic E-state index is 8.32. The van der Waals surface area contributed by atoms with E-state index < -0.39 is 0 Å². The molecule has 0 bridgehead atoms. The zero-order chi connectivity index (χ0) is 9.31. The molecule has 0 aromatic carbocycles. The van der Waals surface area contributed by atoms with Gasteiger partial charge in [0.25, 0.3) is 0 Å². The van der Waals surface area contributed by atoms with Crippen LogP contribution in [-0.2, 0) is 0 Å². The van der Waals surface area contributed by atoms with Gasteiger partial charge in [0.2, 0.25) is 0 Å². The summed E-state index contributed by atoms with van der Waals surface area (Å²) in [5.74, 6) is 1.24. The van der Waals surface area contributed by atoms with Gasteiger partial charge in [-0.25, -0.2) is 0 Å². The maximum absolute atomic E-state index is 8.32. The second-order valence-corrected chi connectivity index (χ2v) is 4.33. The van der Waals surface area contributed by atoms with Crippen molar-refractivity contribution >= 4 is 5.84 Å². The molecule has 74 valence electrons. The van der Waals surface area contributed by atoms with Gasteiger partial charge in [-0.1, -0.05) is 5.16 Å². The Labute approximate surface area is 78.2 Å². The van der Waals surface area contributed by atoms with Crippen molar-refractivity contribution in [2.24, 2.45) is 22.2 Å². The summed E-state index contributed by atoms with van der Waals surface area (Å²) < 4.78 is 0. The van der Waals surface area contributed by atoms with Crippen molar-refractivity contribution in [3.63, 3.8) is 0 Å². The molecule has 0 saturated heterocycles. The molecule has 0 aromatic heterocycles. The van der Waals surface area contributed by atoms with Gasteiger partial charge < -0.3 is 16.3 Å². The zero-order valence-corrected chi connectivity index (χ0v) is 7.79. The van der Waals surface area contributed by atoms with Crippen LogP contribution in [0.1, 0.15) is 25.7 Å². The molecule has 0 radical (unpaired) electrons. The molecule has 0 aliphatic heterocycles. The van der Waals surface area contributed by atoms with E-state index in [0.717, 1.165) is 12.5 Å². The summed E-state index contributed by atoms with van der Waals surface area (Å²) in [6.45, 7) is 1.54. The molecular formula is C9H17N3O. The molecule has 0 spiro atoms. The minimum absolute atomic E-state index is 0.270. The van der Waals surface area contributed by atoms with Crippen molar-refractivity contribution in [1.29, 1.82) is 0 Å². The summed E-state index contributed by atoms with van der Waals surface area (Å²) in [7, 11) is 0. The second kappa shape index (κ2) is 3.18. The number of hydrogen-bond acceptors (Lipinski definition) is 3. The quantitative estimate of drug-likeness (QED) is 0.252. The van der Waals surface area contributed by atoms with Crippen molar-refractivity contribution in [2.75, 3.05) is 13.1 Å². The van der Waals surface area contributed by atoms with E-state index in [4.69, 9.17) is 10.9 Å². The second-order valence-electron chi connectivity index (χ2n) is 4.33. The average Bonchev–Trinajstić information content (AvgIpc) is 2.96. The van der Waals surface area contributed by atoms with Gasteiger partial charge in [-0.15, -0.1) is 0 Å². The number of nitrogens with one attached hydrogen (secondary N) is 1. The lowest BCUT2D eigenvalue weighted by Crippen LogP contribution is -2.33. The Morgan fingerprint density at radius 1 is 1.54 bits per heavy atom. The topological polar surface area (TPSA) is 70.6 Å². The van der Waals surface area contributed by atoms with E-state index in [1.165, 1.54) is 25.7 Å². The lowest BCUT2D eigenvalue weighted by molar-refractivity contribution is 0.316. The molecule has 2 aliphatic carbocycles.